The average molecular weight is 505 g/mol. The van der Waals surface area contributed by atoms with Gasteiger partial charge in [0.1, 0.15) is 12.4 Å². The Labute approximate surface area is 222 Å². The minimum absolute atomic E-state index is 0.00928. The molecular formula is C31H44N4O2. The Bertz CT molecular complexity index is 1190. The number of hydrogen-bond donors (Lipinski definition) is 1. The highest BCUT2D eigenvalue weighted by Gasteiger charge is 2.25. The minimum Gasteiger partial charge on any atom is -0.352 e. The molecule has 0 radical (unpaired) electrons. The summed E-state index contributed by atoms with van der Waals surface area (Å²) in [5.74, 6) is 1.11. The number of nitrogens with zero attached hydrogens (tertiary/aromatic N) is 3. The highest BCUT2D eigenvalue weighted by Crippen LogP contribution is 2.20. The van der Waals surface area contributed by atoms with E-state index < -0.39 is 0 Å². The number of nitrogens with one attached hydrogen (secondary N) is 1. The molecule has 0 aliphatic heterocycles. The van der Waals surface area contributed by atoms with Crippen molar-refractivity contribution in [3.05, 3.63) is 65.0 Å². The summed E-state index contributed by atoms with van der Waals surface area (Å²) in [7, 11) is 0. The lowest BCUT2D eigenvalue weighted by Crippen LogP contribution is -2.45. The van der Waals surface area contributed by atoms with E-state index in [1.807, 2.05) is 50.2 Å². The molecule has 0 aliphatic rings. The molecule has 2 unspecified atom stereocenters. The van der Waals surface area contributed by atoms with E-state index in [0.29, 0.717) is 13.1 Å². The molecule has 6 heteroatoms. The van der Waals surface area contributed by atoms with E-state index >= 15 is 0 Å². The van der Waals surface area contributed by atoms with Gasteiger partial charge >= 0.3 is 0 Å². The Balaban J connectivity index is 1.60. The zero-order valence-electron chi connectivity index (χ0n) is 23.5. The third kappa shape index (κ3) is 7.21. The van der Waals surface area contributed by atoms with Gasteiger partial charge in [-0.2, -0.15) is 0 Å². The van der Waals surface area contributed by atoms with E-state index in [1.54, 1.807) is 0 Å². The Morgan fingerprint density at radius 1 is 0.973 bits per heavy atom. The molecule has 2 amide bonds. The normalized spacial score (nSPS) is 12.9. The summed E-state index contributed by atoms with van der Waals surface area (Å²) in [5.41, 5.74) is 4.86. The number of fused-ring (bicyclic) bond motifs is 1. The van der Waals surface area contributed by atoms with Crippen LogP contribution in [0.5, 0.6) is 0 Å². The van der Waals surface area contributed by atoms with E-state index in [0.717, 1.165) is 72.1 Å². The maximum Gasteiger partial charge on any atom is 0.251 e. The van der Waals surface area contributed by atoms with Crippen LogP contribution in [0.3, 0.4) is 0 Å². The van der Waals surface area contributed by atoms with Gasteiger partial charge in [0.25, 0.3) is 5.91 Å². The smallest absolute Gasteiger partial charge is 0.251 e. The van der Waals surface area contributed by atoms with Crippen LogP contribution in [0, 0.1) is 13.8 Å². The van der Waals surface area contributed by atoms with Crippen molar-refractivity contribution >= 4 is 22.8 Å². The summed E-state index contributed by atoms with van der Waals surface area (Å²) in [6.07, 6.45) is 5.53. The second-order valence-electron chi connectivity index (χ2n) is 10.3. The molecule has 1 N–H and O–H groups in total. The first-order valence-electron chi connectivity index (χ1n) is 13.9. The highest BCUT2D eigenvalue weighted by molar-refractivity contribution is 5.95. The predicted molar refractivity (Wildman–Crippen MR) is 152 cm³/mol. The van der Waals surface area contributed by atoms with Crippen LogP contribution in [-0.2, 0) is 17.8 Å². The molecule has 0 saturated heterocycles. The average Bonchev–Trinajstić information content (AvgIpc) is 3.22. The molecule has 37 heavy (non-hydrogen) atoms. The number of carbonyl (C=O) groups is 2. The monoisotopic (exact) mass is 504 g/mol. The van der Waals surface area contributed by atoms with Gasteiger partial charge in [0.15, 0.2) is 0 Å². The van der Waals surface area contributed by atoms with E-state index in [2.05, 4.69) is 48.5 Å². The largest absolute Gasteiger partial charge is 0.352 e. The van der Waals surface area contributed by atoms with Crippen LogP contribution >= 0.6 is 0 Å². The van der Waals surface area contributed by atoms with Crippen molar-refractivity contribution in [3.63, 3.8) is 0 Å². The van der Waals surface area contributed by atoms with Crippen molar-refractivity contribution in [2.24, 2.45) is 0 Å². The van der Waals surface area contributed by atoms with E-state index in [1.165, 1.54) is 0 Å². The van der Waals surface area contributed by atoms with Gasteiger partial charge in [-0.05, 0) is 77.1 Å². The van der Waals surface area contributed by atoms with E-state index in [9.17, 15) is 9.59 Å². The number of aryl methyl sites for hydroxylation is 3. The second-order valence-corrected chi connectivity index (χ2v) is 10.3. The van der Waals surface area contributed by atoms with Gasteiger partial charge in [0, 0.05) is 30.6 Å². The van der Waals surface area contributed by atoms with Crippen molar-refractivity contribution < 1.29 is 9.59 Å². The van der Waals surface area contributed by atoms with Crippen LogP contribution in [0.4, 0.5) is 0 Å². The molecule has 6 nitrogen and oxygen atoms in total. The van der Waals surface area contributed by atoms with Gasteiger partial charge in [-0.1, -0.05) is 50.1 Å². The number of para-hydroxylation sites is 2. The molecule has 1 aromatic heterocycles. The SMILES string of the molecule is CCC(C)N(C(=O)Cn1c(CCCCCNC(=O)c2ccc(C)cc2C)nc2ccccc21)C(C)CC. The molecule has 1 heterocycles. The summed E-state index contributed by atoms with van der Waals surface area (Å²) in [5, 5.41) is 3.05. The molecular weight excluding hydrogens is 460 g/mol. The van der Waals surface area contributed by atoms with Crippen molar-refractivity contribution in [2.45, 2.75) is 98.7 Å². The Kier molecular flexibility index (Phi) is 10.3. The van der Waals surface area contributed by atoms with Crippen LogP contribution in [0.1, 0.15) is 87.1 Å². The molecule has 3 aromatic rings. The maximum atomic E-state index is 13.5. The summed E-state index contributed by atoms with van der Waals surface area (Å²) < 4.78 is 2.11. The molecule has 3 rings (SSSR count). The third-order valence-electron chi connectivity index (χ3n) is 7.44. The first kappa shape index (κ1) is 28.4. The zero-order valence-corrected chi connectivity index (χ0v) is 23.5. The number of benzene rings is 2. The first-order chi connectivity index (χ1) is 17.8. The molecule has 0 fully saturated rings. The van der Waals surface area contributed by atoms with Crippen molar-refractivity contribution in [3.8, 4) is 0 Å². The number of imidazole rings is 1. The highest BCUT2D eigenvalue weighted by atomic mass is 16.2. The molecule has 2 aromatic carbocycles. The maximum absolute atomic E-state index is 13.5. The van der Waals surface area contributed by atoms with Crippen molar-refractivity contribution in [1.29, 1.82) is 0 Å². The summed E-state index contributed by atoms with van der Waals surface area (Å²) in [6, 6.07) is 14.4. The minimum atomic E-state index is -0.00928. The quantitative estimate of drug-likeness (QED) is 0.281. The molecule has 0 bridgehead atoms. The number of unbranched alkanes of at least 4 members (excludes halogenated alkanes) is 2. The Morgan fingerprint density at radius 3 is 2.35 bits per heavy atom. The fourth-order valence-corrected chi connectivity index (χ4v) is 4.98. The summed E-state index contributed by atoms with van der Waals surface area (Å²) >= 11 is 0. The lowest BCUT2D eigenvalue weighted by molar-refractivity contribution is -0.136. The van der Waals surface area contributed by atoms with Gasteiger partial charge < -0.3 is 14.8 Å². The van der Waals surface area contributed by atoms with Gasteiger partial charge in [0.05, 0.1) is 11.0 Å². The lowest BCUT2D eigenvalue weighted by Gasteiger charge is -2.34. The Hall–Kier alpha value is -3.15. The number of carbonyl (C=O) groups excluding carboxylic acids is 2. The molecule has 0 saturated carbocycles. The van der Waals surface area contributed by atoms with E-state index in [4.69, 9.17) is 4.98 Å². The van der Waals surface area contributed by atoms with Gasteiger partial charge in [-0.15, -0.1) is 0 Å². The molecule has 0 aliphatic carbocycles. The van der Waals surface area contributed by atoms with Gasteiger partial charge in [-0.3, -0.25) is 9.59 Å². The van der Waals surface area contributed by atoms with Crippen molar-refractivity contribution in [2.75, 3.05) is 6.54 Å². The number of aromatic nitrogens is 2. The molecule has 0 spiro atoms. The molecule has 2 atom stereocenters. The number of amides is 2. The van der Waals surface area contributed by atoms with Gasteiger partial charge in [-0.25, -0.2) is 4.98 Å². The van der Waals surface area contributed by atoms with Crippen LogP contribution in [0.2, 0.25) is 0 Å². The van der Waals surface area contributed by atoms with Gasteiger partial charge in [0.2, 0.25) is 5.91 Å². The fraction of sp³-hybridized carbons (Fsp3) is 0.516. The Morgan fingerprint density at radius 2 is 1.68 bits per heavy atom. The third-order valence-corrected chi connectivity index (χ3v) is 7.44. The summed E-state index contributed by atoms with van der Waals surface area (Å²) in [4.78, 5) is 32.9. The lowest BCUT2D eigenvalue weighted by atomic mass is 10.1. The van der Waals surface area contributed by atoms with Crippen LogP contribution in [-0.4, -0.2) is 44.9 Å². The standard InChI is InChI=1S/C31H44N4O2/c1-7-24(5)35(25(6)8-2)30(36)21-34-28-15-12-11-14-27(28)33-29(34)16-10-9-13-19-32-31(37)26-18-17-22(3)20-23(26)4/h11-12,14-15,17-18,20,24-25H,7-10,13,16,19,21H2,1-6H3,(H,32,37). The van der Waals surface area contributed by atoms with Crippen LogP contribution in [0.15, 0.2) is 42.5 Å². The van der Waals surface area contributed by atoms with Crippen molar-refractivity contribution in [1.82, 2.24) is 19.8 Å². The number of rotatable bonds is 13. The fourth-order valence-electron chi connectivity index (χ4n) is 4.98. The number of hydrogen-bond acceptors (Lipinski definition) is 3. The summed E-state index contributed by atoms with van der Waals surface area (Å²) in [6.45, 7) is 13.5. The first-order valence-corrected chi connectivity index (χ1v) is 13.9. The molecule has 200 valence electrons. The van der Waals surface area contributed by atoms with E-state index in [-0.39, 0.29) is 23.9 Å². The topological polar surface area (TPSA) is 67.2 Å². The zero-order chi connectivity index (χ0) is 26.9. The van der Waals surface area contributed by atoms with Crippen LogP contribution in [0.25, 0.3) is 11.0 Å². The second kappa shape index (κ2) is 13.4. The predicted octanol–water partition coefficient (Wildman–Crippen LogP) is 6.22. The van der Waals surface area contributed by atoms with Crippen LogP contribution < -0.4 is 5.32 Å².